The van der Waals surface area contributed by atoms with Gasteiger partial charge in [-0.3, -0.25) is 9.69 Å². The summed E-state index contributed by atoms with van der Waals surface area (Å²) >= 11 is 10.9. The third-order valence-electron chi connectivity index (χ3n) is 3.62. The summed E-state index contributed by atoms with van der Waals surface area (Å²) in [6.07, 6.45) is 1.64. The molecular formula is C15H15BrClN5O2S. The molecule has 0 aliphatic carbocycles. The lowest BCUT2D eigenvalue weighted by atomic mass is 10.1. The summed E-state index contributed by atoms with van der Waals surface area (Å²) in [6, 6.07) is 3.30. The zero-order valence-electron chi connectivity index (χ0n) is 13.5. The number of aromatic nitrogens is 2. The molecule has 0 bridgehead atoms. The van der Waals surface area contributed by atoms with E-state index < -0.39 is 5.54 Å². The molecule has 0 radical (unpaired) electrons. The first-order valence-corrected chi connectivity index (χ1v) is 9.43. The van der Waals surface area contributed by atoms with Gasteiger partial charge in [-0.05, 0) is 41.9 Å². The molecule has 3 rings (SSSR count). The zero-order valence-corrected chi connectivity index (χ0v) is 16.6. The molecule has 1 fully saturated rings. The van der Waals surface area contributed by atoms with E-state index in [-0.39, 0.29) is 18.5 Å². The number of carbonyl (C=O) groups excluding carboxylic acids is 2. The van der Waals surface area contributed by atoms with Gasteiger partial charge in [0.05, 0.1) is 10.6 Å². The highest BCUT2D eigenvalue weighted by Gasteiger charge is 2.43. The summed E-state index contributed by atoms with van der Waals surface area (Å²) in [7, 11) is 0. The lowest BCUT2D eigenvalue weighted by Gasteiger charge is -2.16. The number of carbonyl (C=O) groups is 2. The van der Waals surface area contributed by atoms with Gasteiger partial charge in [-0.25, -0.2) is 14.8 Å². The number of hydrogen-bond acceptors (Lipinski definition) is 6. The lowest BCUT2D eigenvalue weighted by Crippen LogP contribution is -2.40. The predicted octanol–water partition coefficient (Wildman–Crippen LogP) is 3.36. The number of hydrogen-bond donors (Lipinski definition) is 2. The second-order valence-corrected chi connectivity index (χ2v) is 8.45. The number of anilines is 1. The molecule has 10 heteroatoms. The van der Waals surface area contributed by atoms with Gasteiger partial charge in [0.25, 0.3) is 5.91 Å². The molecular weight excluding hydrogens is 430 g/mol. The van der Waals surface area contributed by atoms with Crippen molar-refractivity contribution in [3.63, 3.8) is 0 Å². The zero-order chi connectivity index (χ0) is 18.2. The Morgan fingerprint density at radius 1 is 1.44 bits per heavy atom. The van der Waals surface area contributed by atoms with Crippen molar-refractivity contribution in [3.05, 3.63) is 27.1 Å². The maximum absolute atomic E-state index is 12.1. The number of urea groups is 1. The Labute approximate surface area is 161 Å². The first kappa shape index (κ1) is 18.1. The summed E-state index contributed by atoms with van der Waals surface area (Å²) in [5.74, 6) is 0.177. The van der Waals surface area contributed by atoms with E-state index in [1.54, 1.807) is 26.1 Å². The number of amides is 3. The van der Waals surface area contributed by atoms with E-state index in [4.69, 9.17) is 11.6 Å². The SMILES string of the molecule is CC1(C)NC(=O)N(CCNc2nccc(-c3cc(Br)c(Cl)s3)n2)C1=O. The number of imide groups is 1. The minimum absolute atomic E-state index is 0.234. The second-order valence-electron chi connectivity index (χ2n) is 5.94. The molecule has 25 heavy (non-hydrogen) atoms. The van der Waals surface area contributed by atoms with E-state index >= 15 is 0 Å². The van der Waals surface area contributed by atoms with E-state index in [1.165, 1.54) is 16.2 Å². The quantitative estimate of drug-likeness (QED) is 0.691. The van der Waals surface area contributed by atoms with Crippen LogP contribution in [-0.2, 0) is 4.79 Å². The Bertz CT molecular complexity index is 822. The van der Waals surface area contributed by atoms with Gasteiger partial charge < -0.3 is 10.6 Å². The molecule has 132 valence electrons. The normalized spacial score (nSPS) is 16.2. The number of nitrogens with one attached hydrogen (secondary N) is 2. The van der Waals surface area contributed by atoms with Crippen LogP contribution in [0.1, 0.15) is 13.8 Å². The van der Waals surface area contributed by atoms with Crippen LogP contribution in [-0.4, -0.2) is 45.4 Å². The number of rotatable bonds is 5. The minimum Gasteiger partial charge on any atom is -0.352 e. The average Bonchev–Trinajstić information content (AvgIpc) is 2.98. The molecule has 0 unspecified atom stereocenters. The number of thiophene rings is 1. The maximum atomic E-state index is 12.1. The standard InChI is InChI=1S/C15H15BrClN5O2S/c1-15(2)12(23)22(14(24)21-15)6-5-19-13-18-4-3-9(20-13)10-7-8(16)11(17)25-10/h3-4,7H,5-6H2,1-2H3,(H,21,24)(H,18,19,20). The van der Waals surface area contributed by atoms with Gasteiger partial charge in [0.2, 0.25) is 5.95 Å². The van der Waals surface area contributed by atoms with E-state index in [9.17, 15) is 9.59 Å². The molecule has 1 aliphatic heterocycles. The Morgan fingerprint density at radius 3 is 2.80 bits per heavy atom. The minimum atomic E-state index is -0.862. The van der Waals surface area contributed by atoms with Crippen LogP contribution in [0.25, 0.3) is 10.6 Å². The summed E-state index contributed by atoms with van der Waals surface area (Å²) < 4.78 is 1.48. The summed E-state index contributed by atoms with van der Waals surface area (Å²) in [4.78, 5) is 34.7. The molecule has 2 aromatic heterocycles. The van der Waals surface area contributed by atoms with Crippen LogP contribution >= 0.6 is 38.9 Å². The third kappa shape index (κ3) is 3.78. The molecule has 0 atom stereocenters. The molecule has 2 N–H and O–H groups in total. The van der Waals surface area contributed by atoms with Crippen LogP contribution in [0.3, 0.4) is 0 Å². The first-order chi connectivity index (χ1) is 11.8. The van der Waals surface area contributed by atoms with Gasteiger partial charge in [-0.15, -0.1) is 11.3 Å². The molecule has 3 amide bonds. The van der Waals surface area contributed by atoms with Crippen molar-refractivity contribution in [2.24, 2.45) is 0 Å². The van der Waals surface area contributed by atoms with Crippen LogP contribution in [0.4, 0.5) is 10.7 Å². The van der Waals surface area contributed by atoms with Crippen molar-refractivity contribution in [2.45, 2.75) is 19.4 Å². The van der Waals surface area contributed by atoms with Crippen LogP contribution in [0.5, 0.6) is 0 Å². The molecule has 0 saturated carbocycles. The third-order valence-corrected chi connectivity index (χ3v) is 6.11. The Kier molecular flexibility index (Phi) is 4.99. The maximum Gasteiger partial charge on any atom is 0.325 e. The fourth-order valence-electron chi connectivity index (χ4n) is 2.35. The first-order valence-electron chi connectivity index (χ1n) is 7.44. The number of nitrogens with zero attached hydrogens (tertiary/aromatic N) is 3. The van der Waals surface area contributed by atoms with Crippen molar-refractivity contribution < 1.29 is 9.59 Å². The molecule has 0 spiro atoms. The largest absolute Gasteiger partial charge is 0.352 e. The molecule has 3 heterocycles. The lowest BCUT2D eigenvalue weighted by molar-refractivity contribution is -0.130. The Balaban J connectivity index is 1.64. The van der Waals surface area contributed by atoms with Gasteiger partial charge in [0.15, 0.2) is 0 Å². The van der Waals surface area contributed by atoms with Gasteiger partial charge >= 0.3 is 6.03 Å². The van der Waals surface area contributed by atoms with Crippen LogP contribution < -0.4 is 10.6 Å². The predicted molar refractivity (Wildman–Crippen MR) is 101 cm³/mol. The van der Waals surface area contributed by atoms with Crippen LogP contribution in [0.15, 0.2) is 22.8 Å². The Hall–Kier alpha value is -1.71. The van der Waals surface area contributed by atoms with Gasteiger partial charge in [-0.2, -0.15) is 0 Å². The monoisotopic (exact) mass is 443 g/mol. The van der Waals surface area contributed by atoms with Crippen molar-refractivity contribution in [2.75, 3.05) is 18.4 Å². The van der Waals surface area contributed by atoms with Gasteiger partial charge in [0, 0.05) is 23.8 Å². The average molecular weight is 445 g/mol. The summed E-state index contributed by atoms with van der Waals surface area (Å²) in [6.45, 7) is 3.95. The molecule has 1 aliphatic rings. The van der Waals surface area contributed by atoms with Crippen LogP contribution in [0, 0.1) is 0 Å². The summed E-state index contributed by atoms with van der Waals surface area (Å²) in [5.41, 5.74) is -0.120. The van der Waals surface area contributed by atoms with Gasteiger partial charge in [-0.1, -0.05) is 11.6 Å². The smallest absolute Gasteiger partial charge is 0.325 e. The van der Waals surface area contributed by atoms with E-state index in [0.717, 1.165) is 15.0 Å². The topological polar surface area (TPSA) is 87.2 Å². The van der Waals surface area contributed by atoms with Crippen molar-refractivity contribution in [3.8, 4) is 10.6 Å². The Morgan fingerprint density at radius 2 is 2.20 bits per heavy atom. The van der Waals surface area contributed by atoms with Crippen molar-refractivity contribution in [1.29, 1.82) is 0 Å². The van der Waals surface area contributed by atoms with Crippen molar-refractivity contribution >= 4 is 56.8 Å². The number of halogens is 2. The molecule has 0 aromatic carbocycles. The van der Waals surface area contributed by atoms with E-state index in [0.29, 0.717) is 16.8 Å². The van der Waals surface area contributed by atoms with Crippen molar-refractivity contribution in [1.82, 2.24) is 20.2 Å². The highest BCUT2D eigenvalue weighted by Crippen LogP contribution is 2.37. The fourth-order valence-corrected chi connectivity index (χ4v) is 4.03. The highest BCUT2D eigenvalue weighted by molar-refractivity contribution is 9.10. The fraction of sp³-hybridized carbons (Fsp3) is 0.333. The van der Waals surface area contributed by atoms with E-state index in [2.05, 4.69) is 36.5 Å². The molecule has 7 nitrogen and oxygen atoms in total. The van der Waals surface area contributed by atoms with Crippen LogP contribution in [0.2, 0.25) is 4.34 Å². The van der Waals surface area contributed by atoms with Gasteiger partial charge in [0.1, 0.15) is 9.88 Å². The molecule has 2 aromatic rings. The van der Waals surface area contributed by atoms with E-state index in [1.807, 2.05) is 6.07 Å². The highest BCUT2D eigenvalue weighted by atomic mass is 79.9. The summed E-state index contributed by atoms with van der Waals surface area (Å²) in [5, 5.41) is 5.68. The second kappa shape index (κ2) is 6.89. The molecule has 1 saturated heterocycles.